The highest BCUT2D eigenvalue weighted by Crippen LogP contribution is 2.34. The first-order chi connectivity index (χ1) is 21.8. The Labute approximate surface area is 263 Å². The highest BCUT2D eigenvalue weighted by atomic mass is 32.2. The Bertz CT molecular complexity index is 1880. The molecule has 2 heterocycles. The SMILES string of the molecule is CCN(C(=O)[O-])c1cc(NCCc2ccc(S(=O)(=O)N(CC)CC)cc2)c2nc(-c3ccccc3)c(-c3ccccc3)nc2n1. The Hall–Kier alpha value is -4.87. The number of fused-ring (bicyclic) bond motifs is 1. The van der Waals surface area contributed by atoms with E-state index in [4.69, 9.17) is 9.97 Å². The maximum absolute atomic E-state index is 12.9. The van der Waals surface area contributed by atoms with Crippen LogP contribution in [0.25, 0.3) is 33.7 Å². The molecule has 0 bridgehead atoms. The first kappa shape index (κ1) is 31.6. The Morgan fingerprint density at radius 2 is 1.36 bits per heavy atom. The fourth-order valence-corrected chi connectivity index (χ4v) is 6.62. The van der Waals surface area contributed by atoms with Gasteiger partial charge in [-0.1, -0.05) is 86.6 Å². The van der Waals surface area contributed by atoms with Gasteiger partial charge in [-0.2, -0.15) is 4.31 Å². The molecular formula is C34H35N6O4S-. The van der Waals surface area contributed by atoms with Gasteiger partial charge in [-0.05, 0) is 31.0 Å². The summed E-state index contributed by atoms with van der Waals surface area (Å²) < 4.78 is 27.2. The molecule has 10 nitrogen and oxygen atoms in total. The van der Waals surface area contributed by atoms with Gasteiger partial charge in [0, 0.05) is 43.4 Å². The molecule has 0 fully saturated rings. The van der Waals surface area contributed by atoms with Gasteiger partial charge >= 0.3 is 0 Å². The summed E-state index contributed by atoms with van der Waals surface area (Å²) in [7, 11) is -3.54. The molecule has 0 saturated heterocycles. The third-order valence-corrected chi connectivity index (χ3v) is 9.59. The molecule has 0 spiro atoms. The van der Waals surface area contributed by atoms with Gasteiger partial charge < -0.3 is 20.1 Å². The minimum Gasteiger partial charge on any atom is -0.530 e. The van der Waals surface area contributed by atoms with Crippen LogP contribution in [0, 0.1) is 0 Å². The summed E-state index contributed by atoms with van der Waals surface area (Å²) in [6.45, 7) is 6.75. The molecule has 0 aliphatic rings. The number of amides is 1. The average Bonchev–Trinajstić information content (AvgIpc) is 3.06. The number of nitrogens with one attached hydrogen (secondary N) is 1. The van der Waals surface area contributed by atoms with Gasteiger partial charge in [-0.3, -0.25) is 0 Å². The number of nitrogens with zero attached hydrogens (tertiary/aromatic N) is 5. The second kappa shape index (κ2) is 13.8. The fraction of sp³-hybridized carbons (Fsp3) is 0.235. The molecule has 0 atom stereocenters. The number of pyridine rings is 1. The largest absolute Gasteiger partial charge is 0.530 e. The maximum atomic E-state index is 12.9. The number of anilines is 2. The predicted octanol–water partition coefficient (Wildman–Crippen LogP) is 5.21. The first-order valence-corrected chi connectivity index (χ1v) is 16.4. The molecule has 0 unspecified atom stereocenters. The van der Waals surface area contributed by atoms with Gasteiger partial charge in [-0.25, -0.2) is 23.4 Å². The number of aromatic nitrogens is 3. The zero-order valence-corrected chi connectivity index (χ0v) is 26.3. The van der Waals surface area contributed by atoms with Crippen LogP contribution in [0.15, 0.2) is 95.9 Å². The number of carbonyl (C=O) groups is 1. The second-order valence-electron chi connectivity index (χ2n) is 10.3. The molecule has 0 aliphatic heterocycles. The van der Waals surface area contributed by atoms with Crippen LogP contribution < -0.4 is 15.3 Å². The number of carboxylic acid groups (broad SMARTS) is 1. The van der Waals surface area contributed by atoms with Crippen LogP contribution in [0.3, 0.4) is 0 Å². The van der Waals surface area contributed by atoms with Gasteiger partial charge in [0.15, 0.2) is 5.65 Å². The van der Waals surface area contributed by atoms with Gasteiger partial charge in [0.25, 0.3) is 0 Å². The van der Waals surface area contributed by atoms with Crippen molar-refractivity contribution >= 4 is 38.8 Å². The van der Waals surface area contributed by atoms with E-state index in [-0.39, 0.29) is 17.3 Å². The third kappa shape index (κ3) is 6.79. The van der Waals surface area contributed by atoms with Crippen molar-refractivity contribution in [3.8, 4) is 22.5 Å². The van der Waals surface area contributed by atoms with E-state index in [1.165, 1.54) is 4.31 Å². The number of hydrogen-bond donors (Lipinski definition) is 1. The molecule has 5 aromatic rings. The van der Waals surface area contributed by atoms with Crippen molar-refractivity contribution < 1.29 is 18.3 Å². The molecule has 1 amide bonds. The summed E-state index contributed by atoms with van der Waals surface area (Å²) in [5.41, 5.74) is 5.32. The van der Waals surface area contributed by atoms with Crippen LogP contribution >= 0.6 is 0 Å². The van der Waals surface area contributed by atoms with E-state index >= 15 is 0 Å². The van der Waals surface area contributed by atoms with E-state index in [0.717, 1.165) is 21.6 Å². The molecule has 0 radical (unpaired) electrons. The van der Waals surface area contributed by atoms with E-state index in [1.54, 1.807) is 25.1 Å². The van der Waals surface area contributed by atoms with Crippen LogP contribution in [-0.4, -0.2) is 59.9 Å². The summed E-state index contributed by atoms with van der Waals surface area (Å²) in [6, 6.07) is 27.9. The minimum atomic E-state index is -3.54. The molecule has 5 rings (SSSR count). The summed E-state index contributed by atoms with van der Waals surface area (Å²) in [5.74, 6) is 0.180. The topological polar surface area (TPSA) is 131 Å². The zero-order chi connectivity index (χ0) is 32.0. The number of sulfonamides is 1. The lowest BCUT2D eigenvalue weighted by atomic mass is 10.0. The number of hydrogen-bond acceptors (Lipinski definition) is 8. The number of carbonyl (C=O) groups excluding carboxylic acids is 1. The van der Waals surface area contributed by atoms with Crippen LogP contribution in [0.4, 0.5) is 16.3 Å². The zero-order valence-electron chi connectivity index (χ0n) is 25.5. The molecule has 0 aliphatic carbocycles. The Kier molecular flexibility index (Phi) is 9.70. The second-order valence-corrected chi connectivity index (χ2v) is 12.2. The highest BCUT2D eigenvalue weighted by Gasteiger charge is 2.22. The monoisotopic (exact) mass is 623 g/mol. The van der Waals surface area contributed by atoms with Crippen molar-refractivity contribution in [3.63, 3.8) is 0 Å². The van der Waals surface area contributed by atoms with E-state index in [9.17, 15) is 18.3 Å². The normalized spacial score (nSPS) is 11.6. The molecule has 1 N–H and O–H groups in total. The third-order valence-electron chi connectivity index (χ3n) is 7.53. The lowest BCUT2D eigenvalue weighted by molar-refractivity contribution is -0.246. The number of benzene rings is 3. The standard InChI is InChI=1S/C34H36N6O4S/c1-4-39(5-2)45(43,44)27-19-17-24(18-20-27)21-22-35-28-23-29(40(6-3)34(41)42)36-33-32(28)37-30(25-13-9-7-10-14-25)31(38-33)26-15-11-8-12-16-26/h7-20,23H,4-6,21-22H2,1-3H3,(H,41,42)(H,35,36,38)/p-1. The Morgan fingerprint density at radius 1 is 0.778 bits per heavy atom. The van der Waals surface area contributed by atoms with E-state index in [1.807, 2.05) is 86.6 Å². The van der Waals surface area contributed by atoms with Gasteiger partial charge in [0.2, 0.25) is 10.0 Å². The van der Waals surface area contributed by atoms with Crippen LogP contribution in [-0.2, 0) is 16.4 Å². The van der Waals surface area contributed by atoms with Crippen molar-refractivity contribution in [3.05, 3.63) is 96.6 Å². The van der Waals surface area contributed by atoms with E-state index in [2.05, 4.69) is 10.3 Å². The van der Waals surface area contributed by atoms with Gasteiger partial charge in [0.1, 0.15) is 17.4 Å². The van der Waals surface area contributed by atoms with Crippen LogP contribution in [0.5, 0.6) is 0 Å². The lowest BCUT2D eigenvalue weighted by Crippen LogP contribution is -2.41. The molecule has 11 heteroatoms. The smallest absolute Gasteiger partial charge is 0.243 e. The Morgan fingerprint density at radius 3 is 1.89 bits per heavy atom. The molecule has 45 heavy (non-hydrogen) atoms. The van der Waals surface area contributed by atoms with Crippen molar-refractivity contribution in [2.45, 2.75) is 32.1 Å². The summed E-state index contributed by atoms with van der Waals surface area (Å²) in [5, 5.41) is 15.4. The van der Waals surface area contributed by atoms with Crippen molar-refractivity contribution in [1.82, 2.24) is 19.3 Å². The molecule has 3 aromatic carbocycles. The van der Waals surface area contributed by atoms with Crippen molar-refractivity contribution in [1.29, 1.82) is 0 Å². The fourth-order valence-electron chi connectivity index (χ4n) is 5.16. The number of rotatable bonds is 12. The van der Waals surface area contributed by atoms with Crippen LogP contribution in [0.2, 0.25) is 0 Å². The summed E-state index contributed by atoms with van der Waals surface area (Å²) >= 11 is 0. The average molecular weight is 624 g/mol. The quantitative estimate of drug-likeness (QED) is 0.200. The van der Waals surface area contributed by atoms with Gasteiger partial charge in [-0.15, -0.1) is 0 Å². The minimum absolute atomic E-state index is 0.143. The summed E-state index contributed by atoms with van der Waals surface area (Å²) in [4.78, 5) is 27.9. The molecule has 232 valence electrons. The molecular weight excluding hydrogens is 588 g/mol. The Balaban J connectivity index is 1.53. The molecule has 2 aromatic heterocycles. The lowest BCUT2D eigenvalue weighted by Gasteiger charge is -2.23. The van der Waals surface area contributed by atoms with Gasteiger partial charge in [0.05, 0.1) is 22.0 Å². The van der Waals surface area contributed by atoms with Crippen LogP contribution in [0.1, 0.15) is 26.3 Å². The molecule has 0 saturated carbocycles. The van der Waals surface area contributed by atoms with Crippen molar-refractivity contribution in [2.75, 3.05) is 36.4 Å². The maximum Gasteiger partial charge on any atom is 0.243 e. The van der Waals surface area contributed by atoms with Crippen molar-refractivity contribution in [2.24, 2.45) is 0 Å². The van der Waals surface area contributed by atoms with E-state index in [0.29, 0.717) is 54.3 Å². The van der Waals surface area contributed by atoms with E-state index < -0.39 is 16.1 Å². The first-order valence-electron chi connectivity index (χ1n) is 14.9. The highest BCUT2D eigenvalue weighted by molar-refractivity contribution is 7.89. The predicted molar refractivity (Wildman–Crippen MR) is 175 cm³/mol. The summed E-state index contributed by atoms with van der Waals surface area (Å²) in [6.07, 6.45) is -0.795.